The average molecular weight is 350 g/mol. The highest BCUT2D eigenvalue weighted by atomic mass is 32.2. The lowest BCUT2D eigenvalue weighted by Crippen LogP contribution is -2.48. The van der Waals surface area contributed by atoms with Crippen molar-refractivity contribution < 1.29 is 13.2 Å². The number of ether oxygens (including phenoxy) is 1. The fraction of sp³-hybridized carbons (Fsp3) is 0.438. The molecule has 0 aliphatic carbocycles. The van der Waals surface area contributed by atoms with Gasteiger partial charge in [-0.2, -0.15) is 9.40 Å². The second-order valence-electron chi connectivity index (χ2n) is 5.85. The number of aromatic nitrogens is 2. The lowest BCUT2D eigenvalue weighted by molar-refractivity contribution is 0.383. The molecule has 1 aliphatic heterocycles. The zero-order valence-corrected chi connectivity index (χ0v) is 15.0. The Morgan fingerprint density at radius 3 is 2.46 bits per heavy atom. The fourth-order valence-electron chi connectivity index (χ4n) is 2.96. The van der Waals surface area contributed by atoms with Crippen LogP contribution in [0.4, 0.5) is 5.69 Å². The van der Waals surface area contributed by atoms with Crippen molar-refractivity contribution in [2.75, 3.05) is 38.2 Å². The molecule has 0 amide bonds. The van der Waals surface area contributed by atoms with Crippen molar-refractivity contribution in [1.29, 1.82) is 0 Å². The summed E-state index contributed by atoms with van der Waals surface area (Å²) in [6.07, 6.45) is 1.57. The smallest absolute Gasteiger partial charge is 0.246 e. The first kappa shape index (κ1) is 16.8. The second-order valence-corrected chi connectivity index (χ2v) is 7.75. The average Bonchev–Trinajstić information content (AvgIpc) is 2.94. The van der Waals surface area contributed by atoms with E-state index in [1.807, 2.05) is 24.3 Å². The number of benzene rings is 1. The number of methoxy groups -OCH3 is 1. The predicted octanol–water partition coefficient (Wildman–Crippen LogP) is 1.25. The van der Waals surface area contributed by atoms with Crippen molar-refractivity contribution in [3.05, 3.63) is 36.2 Å². The quantitative estimate of drug-likeness (QED) is 0.830. The summed E-state index contributed by atoms with van der Waals surface area (Å²) in [7, 11) is -0.124. The van der Waals surface area contributed by atoms with Gasteiger partial charge >= 0.3 is 0 Å². The summed E-state index contributed by atoms with van der Waals surface area (Å²) >= 11 is 0. The van der Waals surface area contributed by atoms with Crippen LogP contribution in [0.1, 0.15) is 5.69 Å². The third-order valence-electron chi connectivity index (χ3n) is 4.24. The van der Waals surface area contributed by atoms with Gasteiger partial charge in [-0.05, 0) is 19.1 Å². The van der Waals surface area contributed by atoms with Crippen molar-refractivity contribution in [2.45, 2.75) is 11.8 Å². The van der Waals surface area contributed by atoms with Crippen LogP contribution in [0.2, 0.25) is 0 Å². The van der Waals surface area contributed by atoms with Crippen molar-refractivity contribution >= 4 is 15.7 Å². The number of nitrogens with zero attached hydrogens (tertiary/aromatic N) is 4. The maximum Gasteiger partial charge on any atom is 0.246 e. The number of hydrogen-bond acceptors (Lipinski definition) is 5. The van der Waals surface area contributed by atoms with E-state index >= 15 is 0 Å². The number of anilines is 1. The monoisotopic (exact) mass is 350 g/mol. The maximum absolute atomic E-state index is 12.8. The summed E-state index contributed by atoms with van der Waals surface area (Å²) < 4.78 is 33.9. The third-order valence-corrected chi connectivity index (χ3v) is 6.24. The van der Waals surface area contributed by atoms with Crippen LogP contribution in [0.15, 0.2) is 35.4 Å². The van der Waals surface area contributed by atoms with Gasteiger partial charge in [-0.15, -0.1) is 0 Å². The van der Waals surface area contributed by atoms with Crippen molar-refractivity contribution in [3.63, 3.8) is 0 Å². The number of aryl methyl sites for hydroxylation is 2. The van der Waals surface area contributed by atoms with Crippen LogP contribution in [0.25, 0.3) is 0 Å². The molecular weight excluding hydrogens is 328 g/mol. The summed E-state index contributed by atoms with van der Waals surface area (Å²) in [5.41, 5.74) is 1.58. The highest BCUT2D eigenvalue weighted by Crippen LogP contribution is 2.25. The lowest BCUT2D eigenvalue weighted by Gasteiger charge is -2.35. The number of rotatable bonds is 4. The fourth-order valence-corrected chi connectivity index (χ4v) is 4.59. The van der Waals surface area contributed by atoms with E-state index in [0.717, 1.165) is 11.4 Å². The number of hydrogen-bond donors (Lipinski definition) is 0. The first-order valence-electron chi connectivity index (χ1n) is 7.81. The molecule has 2 aromatic rings. The van der Waals surface area contributed by atoms with Crippen LogP contribution in [-0.4, -0.2) is 55.8 Å². The van der Waals surface area contributed by atoms with Crippen LogP contribution in [0.5, 0.6) is 5.75 Å². The maximum atomic E-state index is 12.8. The van der Waals surface area contributed by atoms with Crippen molar-refractivity contribution in [3.8, 4) is 5.75 Å². The molecule has 130 valence electrons. The summed E-state index contributed by atoms with van der Waals surface area (Å²) in [5.74, 6) is 0.800. The Kier molecular flexibility index (Phi) is 4.51. The molecule has 24 heavy (non-hydrogen) atoms. The van der Waals surface area contributed by atoms with Crippen LogP contribution in [0, 0.1) is 6.92 Å². The van der Waals surface area contributed by atoms with E-state index in [1.165, 1.54) is 8.99 Å². The molecule has 1 aromatic carbocycles. The van der Waals surface area contributed by atoms with Gasteiger partial charge in [-0.25, -0.2) is 8.42 Å². The van der Waals surface area contributed by atoms with E-state index in [1.54, 1.807) is 27.3 Å². The zero-order valence-electron chi connectivity index (χ0n) is 14.1. The molecule has 1 fully saturated rings. The lowest BCUT2D eigenvalue weighted by atomic mass is 10.2. The van der Waals surface area contributed by atoms with Gasteiger partial charge in [0, 0.05) is 51.2 Å². The van der Waals surface area contributed by atoms with Crippen molar-refractivity contribution in [2.24, 2.45) is 7.05 Å². The van der Waals surface area contributed by atoms with Crippen LogP contribution < -0.4 is 9.64 Å². The molecule has 2 heterocycles. The minimum atomic E-state index is -3.49. The standard InChI is InChI=1S/C16H22N4O3S/c1-13-16(12-18(2)17-13)24(21,22)20-9-7-19(8-10-20)14-5-4-6-15(11-14)23-3/h4-6,11-12H,7-10H2,1-3H3. The zero-order chi connectivity index (χ0) is 17.3. The SMILES string of the molecule is COc1cccc(N2CCN(S(=O)(=O)c3cn(C)nc3C)CC2)c1. The minimum Gasteiger partial charge on any atom is -0.497 e. The summed E-state index contributed by atoms with van der Waals surface area (Å²) in [4.78, 5) is 2.46. The van der Waals surface area contributed by atoms with Gasteiger partial charge in [-0.3, -0.25) is 4.68 Å². The third kappa shape index (κ3) is 3.11. The molecule has 1 aliphatic rings. The topological polar surface area (TPSA) is 67.7 Å². The largest absolute Gasteiger partial charge is 0.497 e. The molecular formula is C16H22N4O3S. The second kappa shape index (κ2) is 6.45. The van der Waals surface area contributed by atoms with Gasteiger partial charge in [0.2, 0.25) is 10.0 Å². The number of piperazine rings is 1. The molecule has 0 saturated carbocycles. The van der Waals surface area contributed by atoms with Crippen LogP contribution in [-0.2, 0) is 17.1 Å². The van der Waals surface area contributed by atoms with Gasteiger partial charge in [0.1, 0.15) is 10.6 Å². The first-order chi connectivity index (χ1) is 11.4. The Labute approximate surface area is 142 Å². The van der Waals surface area contributed by atoms with E-state index in [0.29, 0.717) is 36.8 Å². The van der Waals surface area contributed by atoms with Crippen LogP contribution >= 0.6 is 0 Å². The molecule has 0 spiro atoms. The van der Waals surface area contributed by atoms with Gasteiger partial charge < -0.3 is 9.64 Å². The molecule has 3 rings (SSSR count). The molecule has 7 nitrogen and oxygen atoms in total. The minimum absolute atomic E-state index is 0.292. The van der Waals surface area contributed by atoms with Gasteiger partial charge in [0.15, 0.2) is 0 Å². The molecule has 0 unspecified atom stereocenters. The Morgan fingerprint density at radius 1 is 1.17 bits per heavy atom. The van der Waals surface area contributed by atoms with E-state index in [9.17, 15) is 8.42 Å². The Balaban J connectivity index is 1.73. The van der Waals surface area contributed by atoms with Crippen molar-refractivity contribution in [1.82, 2.24) is 14.1 Å². The summed E-state index contributed by atoms with van der Waals surface area (Å²) in [5, 5.41) is 4.14. The molecule has 0 N–H and O–H groups in total. The summed E-state index contributed by atoms with van der Waals surface area (Å²) in [6.45, 7) is 3.92. The van der Waals surface area contributed by atoms with E-state index in [-0.39, 0.29) is 0 Å². The molecule has 0 bridgehead atoms. The Bertz CT molecular complexity index is 824. The van der Waals surface area contributed by atoms with Crippen LogP contribution in [0.3, 0.4) is 0 Å². The van der Waals surface area contributed by atoms with E-state index in [4.69, 9.17) is 4.74 Å². The first-order valence-corrected chi connectivity index (χ1v) is 9.25. The Morgan fingerprint density at radius 2 is 1.88 bits per heavy atom. The van der Waals surface area contributed by atoms with E-state index in [2.05, 4.69) is 10.00 Å². The predicted molar refractivity (Wildman–Crippen MR) is 91.9 cm³/mol. The van der Waals surface area contributed by atoms with Gasteiger partial charge in [0.05, 0.1) is 12.8 Å². The number of sulfonamides is 1. The molecule has 0 radical (unpaired) electrons. The molecule has 1 aromatic heterocycles. The molecule has 8 heteroatoms. The highest BCUT2D eigenvalue weighted by molar-refractivity contribution is 7.89. The molecule has 0 atom stereocenters. The van der Waals surface area contributed by atoms with E-state index < -0.39 is 10.0 Å². The molecule has 1 saturated heterocycles. The van der Waals surface area contributed by atoms with Gasteiger partial charge in [0.25, 0.3) is 0 Å². The summed E-state index contributed by atoms with van der Waals surface area (Å²) in [6, 6.07) is 7.82. The van der Waals surface area contributed by atoms with Gasteiger partial charge in [-0.1, -0.05) is 6.07 Å². The normalized spacial score (nSPS) is 16.4. The highest BCUT2D eigenvalue weighted by Gasteiger charge is 2.31. The Hall–Kier alpha value is -2.06.